The molecule has 1 atom stereocenters. The van der Waals surface area contributed by atoms with Crippen molar-refractivity contribution in [3.8, 4) is 11.5 Å². The van der Waals surface area contributed by atoms with E-state index < -0.39 is 6.10 Å². The Morgan fingerprint density at radius 2 is 1.75 bits per heavy atom. The lowest BCUT2D eigenvalue weighted by atomic mass is 9.99. The standard InChI is InChI=1S/C16H14O4/c1-18-13-8-7-10(9-14(13)19-2)15-11-5-3-4-6-12(11)16(17)20-15/h3-9,15H,1-2H3. The molecule has 1 unspecified atom stereocenters. The van der Waals surface area contributed by atoms with Gasteiger partial charge in [0.2, 0.25) is 0 Å². The molecule has 102 valence electrons. The molecule has 4 heteroatoms. The molecular formula is C16H14O4. The zero-order chi connectivity index (χ0) is 14.1. The Labute approximate surface area is 116 Å². The van der Waals surface area contributed by atoms with E-state index in [-0.39, 0.29) is 5.97 Å². The summed E-state index contributed by atoms with van der Waals surface area (Å²) in [4.78, 5) is 11.8. The van der Waals surface area contributed by atoms with Gasteiger partial charge < -0.3 is 14.2 Å². The summed E-state index contributed by atoms with van der Waals surface area (Å²) in [6.45, 7) is 0. The molecule has 2 aromatic rings. The monoisotopic (exact) mass is 270 g/mol. The maximum absolute atomic E-state index is 11.8. The van der Waals surface area contributed by atoms with Crippen molar-refractivity contribution in [2.75, 3.05) is 14.2 Å². The minimum Gasteiger partial charge on any atom is -0.493 e. The van der Waals surface area contributed by atoms with Gasteiger partial charge in [-0.3, -0.25) is 0 Å². The predicted octanol–water partition coefficient (Wildman–Crippen LogP) is 2.96. The van der Waals surface area contributed by atoms with Crippen LogP contribution in [0.4, 0.5) is 0 Å². The van der Waals surface area contributed by atoms with Crippen LogP contribution >= 0.6 is 0 Å². The Bertz CT molecular complexity index is 663. The van der Waals surface area contributed by atoms with Gasteiger partial charge in [0.05, 0.1) is 19.8 Å². The number of ether oxygens (including phenoxy) is 3. The van der Waals surface area contributed by atoms with Crippen LogP contribution in [0.25, 0.3) is 0 Å². The fourth-order valence-electron chi connectivity index (χ4n) is 2.41. The van der Waals surface area contributed by atoms with E-state index in [4.69, 9.17) is 14.2 Å². The Balaban J connectivity index is 2.05. The molecule has 2 aromatic carbocycles. The van der Waals surface area contributed by atoms with Crippen LogP contribution in [0.5, 0.6) is 11.5 Å². The highest BCUT2D eigenvalue weighted by atomic mass is 16.5. The predicted molar refractivity (Wildman–Crippen MR) is 73.2 cm³/mol. The van der Waals surface area contributed by atoms with Crippen LogP contribution in [0.3, 0.4) is 0 Å². The van der Waals surface area contributed by atoms with Crippen LogP contribution in [0.15, 0.2) is 42.5 Å². The molecule has 0 fully saturated rings. The van der Waals surface area contributed by atoms with Crippen LogP contribution in [0, 0.1) is 0 Å². The quantitative estimate of drug-likeness (QED) is 0.804. The van der Waals surface area contributed by atoms with Gasteiger partial charge in [-0.2, -0.15) is 0 Å². The second-order valence-corrected chi connectivity index (χ2v) is 4.49. The van der Waals surface area contributed by atoms with Gasteiger partial charge in [0, 0.05) is 11.1 Å². The fourth-order valence-corrected chi connectivity index (χ4v) is 2.41. The van der Waals surface area contributed by atoms with Gasteiger partial charge in [-0.1, -0.05) is 24.3 Å². The molecule has 0 bridgehead atoms. The van der Waals surface area contributed by atoms with Gasteiger partial charge in [0.1, 0.15) is 0 Å². The number of fused-ring (bicyclic) bond motifs is 1. The minimum absolute atomic E-state index is 0.291. The SMILES string of the molecule is COc1ccc(C2OC(=O)c3ccccc32)cc1OC. The molecule has 0 saturated heterocycles. The van der Waals surface area contributed by atoms with Crippen molar-refractivity contribution in [2.24, 2.45) is 0 Å². The number of esters is 1. The van der Waals surface area contributed by atoms with Crippen molar-refractivity contribution >= 4 is 5.97 Å². The topological polar surface area (TPSA) is 44.8 Å². The van der Waals surface area contributed by atoms with Crippen molar-refractivity contribution in [1.82, 2.24) is 0 Å². The van der Waals surface area contributed by atoms with Crippen molar-refractivity contribution in [1.29, 1.82) is 0 Å². The largest absolute Gasteiger partial charge is 0.493 e. The van der Waals surface area contributed by atoms with E-state index in [1.807, 2.05) is 36.4 Å². The first-order chi connectivity index (χ1) is 9.74. The minimum atomic E-state index is -0.390. The average Bonchev–Trinajstić information content (AvgIpc) is 2.84. The lowest BCUT2D eigenvalue weighted by Crippen LogP contribution is -2.01. The molecule has 1 heterocycles. The summed E-state index contributed by atoms with van der Waals surface area (Å²) in [5.41, 5.74) is 2.36. The molecule has 0 radical (unpaired) electrons. The zero-order valence-corrected chi connectivity index (χ0v) is 11.3. The van der Waals surface area contributed by atoms with Crippen LogP contribution in [0.2, 0.25) is 0 Å². The van der Waals surface area contributed by atoms with E-state index in [2.05, 4.69) is 0 Å². The molecule has 0 saturated carbocycles. The van der Waals surface area contributed by atoms with E-state index in [1.54, 1.807) is 20.3 Å². The first-order valence-corrected chi connectivity index (χ1v) is 6.26. The van der Waals surface area contributed by atoms with Crippen molar-refractivity contribution in [3.63, 3.8) is 0 Å². The lowest BCUT2D eigenvalue weighted by molar-refractivity contribution is 0.0455. The highest BCUT2D eigenvalue weighted by Crippen LogP contribution is 2.38. The summed E-state index contributed by atoms with van der Waals surface area (Å²) in [6, 6.07) is 12.9. The lowest BCUT2D eigenvalue weighted by Gasteiger charge is -2.14. The summed E-state index contributed by atoms with van der Waals surface area (Å²) in [7, 11) is 3.17. The number of rotatable bonds is 3. The first-order valence-electron chi connectivity index (χ1n) is 6.26. The van der Waals surface area contributed by atoms with Crippen molar-refractivity contribution in [2.45, 2.75) is 6.10 Å². The first kappa shape index (κ1) is 12.5. The van der Waals surface area contributed by atoms with Crippen LogP contribution in [-0.2, 0) is 4.74 Å². The van der Waals surface area contributed by atoms with E-state index >= 15 is 0 Å². The number of hydrogen-bond acceptors (Lipinski definition) is 4. The van der Waals surface area contributed by atoms with E-state index in [0.29, 0.717) is 17.1 Å². The second-order valence-electron chi connectivity index (χ2n) is 4.49. The van der Waals surface area contributed by atoms with Gasteiger partial charge in [-0.15, -0.1) is 0 Å². The maximum Gasteiger partial charge on any atom is 0.339 e. The molecular weight excluding hydrogens is 256 g/mol. The molecule has 4 nitrogen and oxygen atoms in total. The van der Waals surface area contributed by atoms with Gasteiger partial charge in [-0.05, 0) is 18.2 Å². The van der Waals surface area contributed by atoms with Gasteiger partial charge in [0.25, 0.3) is 0 Å². The maximum atomic E-state index is 11.8. The molecule has 3 rings (SSSR count). The third-order valence-corrected chi connectivity index (χ3v) is 3.40. The van der Waals surface area contributed by atoms with Gasteiger partial charge in [-0.25, -0.2) is 4.79 Å². The number of carbonyl (C=O) groups is 1. The third kappa shape index (κ3) is 1.90. The summed E-state index contributed by atoms with van der Waals surface area (Å²) in [5, 5.41) is 0. The van der Waals surface area contributed by atoms with E-state index in [0.717, 1.165) is 11.1 Å². The molecule has 20 heavy (non-hydrogen) atoms. The molecule has 1 aliphatic rings. The Kier molecular flexibility index (Phi) is 3.06. The van der Waals surface area contributed by atoms with Crippen LogP contribution in [0.1, 0.15) is 27.6 Å². The summed E-state index contributed by atoms with van der Waals surface area (Å²) >= 11 is 0. The number of cyclic esters (lactones) is 1. The highest BCUT2D eigenvalue weighted by Gasteiger charge is 2.32. The Hall–Kier alpha value is -2.49. The number of carbonyl (C=O) groups excluding carboxylic acids is 1. The normalized spacial score (nSPS) is 16.5. The zero-order valence-electron chi connectivity index (χ0n) is 11.3. The van der Waals surface area contributed by atoms with E-state index in [1.165, 1.54) is 0 Å². The number of hydrogen-bond donors (Lipinski definition) is 0. The number of benzene rings is 2. The van der Waals surface area contributed by atoms with Crippen LogP contribution in [-0.4, -0.2) is 20.2 Å². The van der Waals surface area contributed by atoms with Crippen molar-refractivity contribution < 1.29 is 19.0 Å². The average molecular weight is 270 g/mol. The smallest absolute Gasteiger partial charge is 0.339 e. The van der Waals surface area contributed by atoms with Crippen molar-refractivity contribution in [3.05, 3.63) is 59.2 Å². The fraction of sp³-hybridized carbons (Fsp3) is 0.188. The van der Waals surface area contributed by atoms with Gasteiger partial charge >= 0.3 is 5.97 Å². The summed E-state index contributed by atoms with van der Waals surface area (Å²) < 4.78 is 16.0. The number of methoxy groups -OCH3 is 2. The summed E-state index contributed by atoms with van der Waals surface area (Å²) in [5.74, 6) is 0.972. The second kappa shape index (κ2) is 4.89. The van der Waals surface area contributed by atoms with E-state index in [9.17, 15) is 4.79 Å². The van der Waals surface area contributed by atoms with Gasteiger partial charge in [0.15, 0.2) is 17.6 Å². The Morgan fingerprint density at radius 3 is 2.50 bits per heavy atom. The van der Waals surface area contributed by atoms with Crippen LogP contribution < -0.4 is 9.47 Å². The summed E-state index contributed by atoms with van der Waals surface area (Å²) in [6.07, 6.45) is -0.390. The Morgan fingerprint density at radius 1 is 1.00 bits per heavy atom. The molecule has 0 amide bonds. The molecule has 0 aliphatic carbocycles. The third-order valence-electron chi connectivity index (χ3n) is 3.40. The molecule has 1 aliphatic heterocycles. The molecule has 0 aromatic heterocycles. The molecule has 0 spiro atoms. The highest BCUT2D eigenvalue weighted by molar-refractivity contribution is 5.94. The molecule has 0 N–H and O–H groups in total.